The van der Waals surface area contributed by atoms with Crippen LogP contribution >= 0.6 is 0 Å². The maximum Gasteiger partial charge on any atom is 0.416 e. The highest BCUT2D eigenvalue weighted by Gasteiger charge is 2.30. The number of aromatic nitrogens is 2. The standard InChI is InChI=1S/C15H16F3N5O/c1-23(2)13-19-7-6-12(21-13)9-20-14(24)22-11-5-3-4-10(8-11)15(16,17)18/h3-8H,9H2,1-2H3,(H2,20,22,24). The van der Waals surface area contributed by atoms with Gasteiger partial charge in [-0.3, -0.25) is 0 Å². The third-order valence-corrected chi connectivity index (χ3v) is 2.98. The van der Waals surface area contributed by atoms with Crippen LogP contribution < -0.4 is 15.5 Å². The van der Waals surface area contributed by atoms with Crippen LogP contribution in [0.1, 0.15) is 11.3 Å². The molecule has 0 unspecified atom stereocenters. The Hall–Kier alpha value is -2.84. The van der Waals surface area contributed by atoms with Crippen molar-refractivity contribution < 1.29 is 18.0 Å². The summed E-state index contributed by atoms with van der Waals surface area (Å²) in [5, 5.41) is 4.89. The number of alkyl halides is 3. The SMILES string of the molecule is CN(C)c1nccc(CNC(=O)Nc2cccc(C(F)(F)F)c2)n1. The van der Waals surface area contributed by atoms with Gasteiger partial charge in [-0.25, -0.2) is 14.8 Å². The summed E-state index contributed by atoms with van der Waals surface area (Å²) in [6.07, 6.45) is -2.90. The van der Waals surface area contributed by atoms with E-state index in [2.05, 4.69) is 20.6 Å². The van der Waals surface area contributed by atoms with Gasteiger partial charge in [-0.05, 0) is 24.3 Å². The van der Waals surface area contributed by atoms with Crippen LogP contribution in [-0.2, 0) is 12.7 Å². The molecular formula is C15H16F3N5O. The molecule has 0 saturated carbocycles. The predicted molar refractivity (Wildman–Crippen MR) is 83.7 cm³/mol. The fourth-order valence-corrected chi connectivity index (χ4v) is 1.82. The minimum absolute atomic E-state index is 0.0546. The van der Waals surface area contributed by atoms with Crippen molar-refractivity contribution in [1.82, 2.24) is 15.3 Å². The molecule has 0 bridgehead atoms. The molecule has 6 nitrogen and oxygen atoms in total. The van der Waals surface area contributed by atoms with Gasteiger partial charge in [0.2, 0.25) is 5.95 Å². The Bertz CT molecular complexity index is 718. The highest BCUT2D eigenvalue weighted by molar-refractivity contribution is 5.89. The number of amides is 2. The number of halogens is 3. The van der Waals surface area contributed by atoms with E-state index in [1.165, 1.54) is 12.1 Å². The number of nitrogens with one attached hydrogen (secondary N) is 2. The van der Waals surface area contributed by atoms with E-state index in [1.807, 2.05) is 0 Å². The van der Waals surface area contributed by atoms with Crippen molar-refractivity contribution in [1.29, 1.82) is 0 Å². The molecule has 0 atom stereocenters. The minimum Gasteiger partial charge on any atom is -0.347 e. The first-order chi connectivity index (χ1) is 11.3. The summed E-state index contributed by atoms with van der Waals surface area (Å²) < 4.78 is 37.9. The maximum atomic E-state index is 12.6. The van der Waals surface area contributed by atoms with Crippen molar-refractivity contribution in [2.75, 3.05) is 24.3 Å². The molecule has 2 N–H and O–H groups in total. The van der Waals surface area contributed by atoms with E-state index in [9.17, 15) is 18.0 Å². The van der Waals surface area contributed by atoms with Gasteiger partial charge in [-0.2, -0.15) is 13.2 Å². The van der Waals surface area contributed by atoms with Gasteiger partial charge in [0, 0.05) is 26.0 Å². The summed E-state index contributed by atoms with van der Waals surface area (Å²) in [5.74, 6) is 0.493. The van der Waals surface area contributed by atoms with E-state index in [0.717, 1.165) is 12.1 Å². The molecule has 2 rings (SSSR count). The van der Waals surface area contributed by atoms with E-state index in [1.54, 1.807) is 31.3 Å². The Balaban J connectivity index is 1.95. The quantitative estimate of drug-likeness (QED) is 0.899. The van der Waals surface area contributed by atoms with E-state index < -0.39 is 17.8 Å². The number of carbonyl (C=O) groups excluding carboxylic acids is 1. The molecule has 0 aliphatic rings. The number of rotatable bonds is 4. The Kier molecular flexibility index (Phi) is 5.22. The lowest BCUT2D eigenvalue weighted by Crippen LogP contribution is -2.29. The van der Waals surface area contributed by atoms with Gasteiger partial charge in [0.1, 0.15) is 0 Å². The highest BCUT2D eigenvalue weighted by Crippen LogP contribution is 2.30. The normalized spacial score (nSPS) is 11.0. The first-order valence-corrected chi connectivity index (χ1v) is 6.97. The third kappa shape index (κ3) is 4.83. The molecule has 9 heteroatoms. The molecular weight excluding hydrogens is 323 g/mol. The van der Waals surface area contributed by atoms with Crippen molar-refractivity contribution in [3.63, 3.8) is 0 Å². The molecule has 24 heavy (non-hydrogen) atoms. The monoisotopic (exact) mass is 339 g/mol. The highest BCUT2D eigenvalue weighted by atomic mass is 19.4. The zero-order valence-electron chi connectivity index (χ0n) is 13.1. The van der Waals surface area contributed by atoms with Gasteiger partial charge in [0.15, 0.2) is 0 Å². The zero-order valence-corrected chi connectivity index (χ0v) is 13.1. The lowest BCUT2D eigenvalue weighted by molar-refractivity contribution is -0.137. The van der Waals surface area contributed by atoms with Gasteiger partial charge < -0.3 is 15.5 Å². The van der Waals surface area contributed by atoms with Gasteiger partial charge in [0.05, 0.1) is 17.8 Å². The van der Waals surface area contributed by atoms with Crippen molar-refractivity contribution >= 4 is 17.7 Å². The van der Waals surface area contributed by atoms with Crippen LogP contribution in [-0.4, -0.2) is 30.1 Å². The average molecular weight is 339 g/mol. The molecule has 0 aliphatic heterocycles. The smallest absolute Gasteiger partial charge is 0.347 e. The maximum absolute atomic E-state index is 12.6. The van der Waals surface area contributed by atoms with E-state index in [4.69, 9.17) is 0 Å². The molecule has 0 saturated heterocycles. The fourth-order valence-electron chi connectivity index (χ4n) is 1.82. The molecule has 0 fully saturated rings. The van der Waals surface area contributed by atoms with Crippen LogP contribution in [0, 0.1) is 0 Å². The van der Waals surface area contributed by atoms with E-state index in [0.29, 0.717) is 11.6 Å². The molecule has 1 aromatic carbocycles. The Morgan fingerprint density at radius 2 is 2.00 bits per heavy atom. The molecule has 128 valence electrons. The first kappa shape index (κ1) is 17.5. The van der Waals surface area contributed by atoms with Crippen LogP contribution in [0.15, 0.2) is 36.5 Å². The number of anilines is 2. The van der Waals surface area contributed by atoms with Crippen LogP contribution in [0.5, 0.6) is 0 Å². The molecule has 2 amide bonds. The summed E-state index contributed by atoms with van der Waals surface area (Å²) in [7, 11) is 3.57. The second-order valence-corrected chi connectivity index (χ2v) is 5.13. The summed E-state index contributed by atoms with van der Waals surface area (Å²) in [6, 6.07) is 5.42. The van der Waals surface area contributed by atoms with Crippen LogP contribution in [0.2, 0.25) is 0 Å². The van der Waals surface area contributed by atoms with Gasteiger partial charge in [-0.1, -0.05) is 6.07 Å². The summed E-state index contributed by atoms with van der Waals surface area (Å²) in [6.45, 7) is 0.119. The molecule has 2 aromatic rings. The molecule has 1 aromatic heterocycles. The lowest BCUT2D eigenvalue weighted by Gasteiger charge is -2.12. The lowest BCUT2D eigenvalue weighted by atomic mass is 10.2. The van der Waals surface area contributed by atoms with E-state index >= 15 is 0 Å². The minimum atomic E-state index is -4.46. The number of carbonyl (C=O) groups is 1. The van der Waals surface area contributed by atoms with Gasteiger partial charge >= 0.3 is 12.2 Å². The third-order valence-electron chi connectivity index (χ3n) is 2.98. The number of urea groups is 1. The average Bonchev–Trinajstić information content (AvgIpc) is 2.52. The van der Waals surface area contributed by atoms with Crippen molar-refractivity contribution in [3.05, 3.63) is 47.8 Å². The molecule has 0 spiro atoms. The second-order valence-electron chi connectivity index (χ2n) is 5.13. The summed E-state index contributed by atoms with van der Waals surface area (Å²) >= 11 is 0. The number of hydrogen-bond acceptors (Lipinski definition) is 4. The molecule has 1 heterocycles. The van der Waals surface area contributed by atoms with Gasteiger partial charge in [0.25, 0.3) is 0 Å². The van der Waals surface area contributed by atoms with Gasteiger partial charge in [-0.15, -0.1) is 0 Å². The van der Waals surface area contributed by atoms with E-state index in [-0.39, 0.29) is 12.2 Å². The fraction of sp³-hybridized carbons (Fsp3) is 0.267. The predicted octanol–water partition coefficient (Wildman–Crippen LogP) is 2.88. The Morgan fingerprint density at radius 3 is 2.67 bits per heavy atom. The number of benzene rings is 1. The zero-order chi connectivity index (χ0) is 17.7. The molecule has 0 aliphatic carbocycles. The number of nitrogens with zero attached hydrogens (tertiary/aromatic N) is 3. The Morgan fingerprint density at radius 1 is 1.25 bits per heavy atom. The molecule has 0 radical (unpaired) electrons. The summed E-state index contributed by atoms with van der Waals surface area (Å²) in [4.78, 5) is 21.8. The first-order valence-electron chi connectivity index (χ1n) is 6.97. The van der Waals surface area contributed by atoms with Crippen molar-refractivity contribution in [2.45, 2.75) is 12.7 Å². The summed E-state index contributed by atoms with van der Waals surface area (Å²) in [5.41, 5.74) is -0.196. The Labute approximate surface area is 136 Å². The van der Waals surface area contributed by atoms with Crippen LogP contribution in [0.25, 0.3) is 0 Å². The topological polar surface area (TPSA) is 70.2 Å². The van der Waals surface area contributed by atoms with Crippen molar-refractivity contribution in [2.24, 2.45) is 0 Å². The second kappa shape index (κ2) is 7.16. The van der Waals surface area contributed by atoms with Crippen LogP contribution in [0.3, 0.4) is 0 Å². The largest absolute Gasteiger partial charge is 0.416 e. The number of hydrogen-bond donors (Lipinski definition) is 2. The van der Waals surface area contributed by atoms with Crippen LogP contribution in [0.4, 0.5) is 29.6 Å². The van der Waals surface area contributed by atoms with Crippen molar-refractivity contribution in [3.8, 4) is 0 Å².